The van der Waals surface area contributed by atoms with E-state index in [0.717, 1.165) is 23.3 Å². The fourth-order valence-electron chi connectivity index (χ4n) is 11.8. The van der Waals surface area contributed by atoms with Crippen molar-refractivity contribution in [3.8, 4) is 22.6 Å². The van der Waals surface area contributed by atoms with Crippen molar-refractivity contribution >= 4 is 17.1 Å². The molecule has 0 unspecified atom stereocenters. The zero-order valence-corrected chi connectivity index (χ0v) is 30.1. The number of rotatable bonds is 4. The van der Waals surface area contributed by atoms with Gasteiger partial charge in [-0.15, -0.1) is 0 Å². The maximum absolute atomic E-state index is 6.98. The molecule has 1 heterocycles. The molecule has 0 amide bonds. The summed E-state index contributed by atoms with van der Waals surface area (Å²) in [5.41, 5.74) is 12.4. The first-order valence-corrected chi connectivity index (χ1v) is 19.2. The van der Waals surface area contributed by atoms with E-state index >= 15 is 0 Å². The molecule has 0 N–H and O–H groups in total. The predicted molar refractivity (Wildman–Crippen MR) is 206 cm³/mol. The van der Waals surface area contributed by atoms with E-state index in [-0.39, 0.29) is 16.2 Å². The monoisotopic (exact) mass is 655 g/mol. The lowest BCUT2D eigenvalue weighted by molar-refractivity contribution is -0.0452. The summed E-state index contributed by atoms with van der Waals surface area (Å²) in [6.07, 6.45) is 9.17. The van der Waals surface area contributed by atoms with Crippen molar-refractivity contribution in [2.45, 2.75) is 88.9 Å². The third kappa shape index (κ3) is 4.39. The van der Waals surface area contributed by atoms with Gasteiger partial charge in [0.25, 0.3) is 0 Å². The molecule has 0 radical (unpaired) electrons. The molecule has 252 valence electrons. The molecule has 2 heteroatoms. The van der Waals surface area contributed by atoms with E-state index in [4.69, 9.17) is 4.74 Å². The second kappa shape index (κ2) is 10.8. The minimum Gasteiger partial charge on any atom is -0.457 e. The summed E-state index contributed by atoms with van der Waals surface area (Å²) >= 11 is 0. The number of hydrogen-bond acceptors (Lipinski definition) is 2. The summed E-state index contributed by atoms with van der Waals surface area (Å²) in [6.45, 7) is 9.79. The van der Waals surface area contributed by atoms with Gasteiger partial charge < -0.3 is 9.64 Å². The number of para-hydroxylation sites is 1. The van der Waals surface area contributed by atoms with E-state index in [1.807, 2.05) is 0 Å². The van der Waals surface area contributed by atoms with Gasteiger partial charge in [-0.2, -0.15) is 0 Å². The highest BCUT2D eigenvalue weighted by Crippen LogP contribution is 2.69. The predicted octanol–water partition coefficient (Wildman–Crippen LogP) is 13.0. The van der Waals surface area contributed by atoms with Crippen LogP contribution in [-0.4, -0.2) is 0 Å². The first-order valence-electron chi connectivity index (χ1n) is 19.2. The van der Waals surface area contributed by atoms with Crippen molar-refractivity contribution in [1.82, 2.24) is 0 Å². The molecule has 50 heavy (non-hydrogen) atoms. The fourth-order valence-corrected chi connectivity index (χ4v) is 11.8. The van der Waals surface area contributed by atoms with Gasteiger partial charge in [0.1, 0.15) is 11.5 Å². The molecule has 0 atom stereocenters. The van der Waals surface area contributed by atoms with Gasteiger partial charge in [-0.05, 0) is 150 Å². The van der Waals surface area contributed by atoms with Gasteiger partial charge >= 0.3 is 0 Å². The summed E-state index contributed by atoms with van der Waals surface area (Å²) < 4.78 is 6.98. The van der Waals surface area contributed by atoms with Crippen molar-refractivity contribution < 1.29 is 4.74 Å². The minimum absolute atomic E-state index is 0.0448. The topological polar surface area (TPSA) is 12.5 Å². The van der Waals surface area contributed by atoms with Gasteiger partial charge in [0.2, 0.25) is 0 Å². The smallest absolute Gasteiger partial charge is 0.131 e. The van der Waals surface area contributed by atoms with Crippen LogP contribution in [0.1, 0.15) is 94.9 Å². The van der Waals surface area contributed by atoms with Crippen molar-refractivity contribution in [1.29, 1.82) is 0 Å². The van der Waals surface area contributed by atoms with Crippen molar-refractivity contribution in [3.63, 3.8) is 0 Å². The van der Waals surface area contributed by atoms with Crippen LogP contribution in [0.25, 0.3) is 11.1 Å². The Morgan fingerprint density at radius 2 is 1.14 bits per heavy atom. The SMILES string of the molecule is CC1(C)CCC(C)(C)c2c(N(c3ccccc3)c3ccc4c(c3)C3(c5cc(-c6ccccc6)ccc5O4)C4CC5CC(C4)CC3C5)cccc21. The van der Waals surface area contributed by atoms with E-state index in [9.17, 15) is 0 Å². The molecular weight excluding hydrogens is 607 g/mol. The Kier molecular flexibility index (Phi) is 6.62. The second-order valence-corrected chi connectivity index (χ2v) is 17.7. The summed E-state index contributed by atoms with van der Waals surface area (Å²) in [7, 11) is 0. The largest absolute Gasteiger partial charge is 0.457 e. The zero-order chi connectivity index (χ0) is 33.8. The van der Waals surface area contributed by atoms with E-state index in [0.29, 0.717) is 11.8 Å². The maximum Gasteiger partial charge on any atom is 0.131 e. The second-order valence-electron chi connectivity index (χ2n) is 17.7. The Morgan fingerprint density at radius 1 is 0.520 bits per heavy atom. The first-order chi connectivity index (χ1) is 24.2. The van der Waals surface area contributed by atoms with Gasteiger partial charge in [-0.1, -0.05) is 94.4 Å². The number of anilines is 3. The van der Waals surface area contributed by atoms with Crippen molar-refractivity contribution in [3.05, 3.63) is 138 Å². The fraction of sp³-hybridized carbons (Fsp3) is 0.375. The summed E-state index contributed by atoms with van der Waals surface area (Å²) in [5, 5.41) is 0. The molecule has 0 saturated heterocycles. The highest BCUT2D eigenvalue weighted by atomic mass is 16.5. The third-order valence-electron chi connectivity index (χ3n) is 13.9. The molecule has 4 fully saturated rings. The van der Waals surface area contributed by atoms with E-state index in [1.165, 1.54) is 95.4 Å². The summed E-state index contributed by atoms with van der Waals surface area (Å²) in [4.78, 5) is 2.57. The summed E-state index contributed by atoms with van der Waals surface area (Å²) in [6, 6.07) is 43.4. The van der Waals surface area contributed by atoms with Gasteiger partial charge in [0.15, 0.2) is 0 Å². The highest BCUT2D eigenvalue weighted by molar-refractivity contribution is 5.82. The van der Waals surface area contributed by atoms with Crippen molar-refractivity contribution in [2.24, 2.45) is 23.7 Å². The Morgan fingerprint density at radius 3 is 1.84 bits per heavy atom. The molecule has 5 aromatic carbocycles. The third-order valence-corrected chi connectivity index (χ3v) is 13.9. The molecule has 1 aliphatic heterocycles. The lowest BCUT2D eigenvalue weighted by atomic mass is 9.41. The van der Waals surface area contributed by atoms with Crippen LogP contribution in [0, 0.1) is 23.7 Å². The average Bonchev–Trinajstić information content (AvgIpc) is 3.12. The summed E-state index contributed by atoms with van der Waals surface area (Å²) in [5.74, 6) is 5.15. The van der Waals surface area contributed by atoms with Gasteiger partial charge in [-0.3, -0.25) is 0 Å². The van der Waals surface area contributed by atoms with Crippen LogP contribution < -0.4 is 9.64 Å². The minimum atomic E-state index is -0.0448. The molecule has 5 aromatic rings. The van der Waals surface area contributed by atoms with Crippen molar-refractivity contribution in [2.75, 3.05) is 4.90 Å². The van der Waals surface area contributed by atoms with Crippen LogP contribution >= 0.6 is 0 Å². The van der Waals surface area contributed by atoms with Crippen LogP contribution in [-0.2, 0) is 16.2 Å². The normalized spacial score (nSPS) is 27.6. The molecular formula is C48H49NO. The molecule has 11 rings (SSSR count). The van der Waals surface area contributed by atoms with Gasteiger partial charge in [0, 0.05) is 27.9 Å². The average molecular weight is 656 g/mol. The molecule has 0 aromatic heterocycles. The molecule has 1 spiro atoms. The lowest BCUT2D eigenvalue weighted by Gasteiger charge is -2.63. The van der Waals surface area contributed by atoms with Gasteiger partial charge in [0.05, 0.1) is 5.69 Å². The van der Waals surface area contributed by atoms with E-state index in [2.05, 4.69) is 148 Å². The van der Waals surface area contributed by atoms with Crippen LogP contribution in [0.4, 0.5) is 17.1 Å². The quantitative estimate of drug-likeness (QED) is 0.191. The van der Waals surface area contributed by atoms with E-state index in [1.54, 1.807) is 0 Å². The number of fused-ring (bicyclic) bond motifs is 3. The molecule has 2 nitrogen and oxygen atoms in total. The number of ether oxygens (including phenoxy) is 1. The standard InChI is InChI=1S/C48H49NO/c1-46(2)22-23-47(3,4)45-39(46)16-11-17-42(45)49(37-14-9-6-10-15-37)38-19-21-44-41(30-38)48(35-25-31-24-32(27-35)28-36(48)26-31)40-29-34(18-20-43(40)50-44)33-12-7-5-8-13-33/h5-21,29-32,35-36H,22-28H2,1-4H3. The van der Waals surface area contributed by atoms with Gasteiger partial charge in [-0.25, -0.2) is 0 Å². The Balaban J connectivity index is 1.21. The van der Waals surface area contributed by atoms with Crippen LogP contribution in [0.2, 0.25) is 0 Å². The Labute approximate surface area is 298 Å². The van der Waals surface area contributed by atoms with Crippen LogP contribution in [0.5, 0.6) is 11.5 Å². The van der Waals surface area contributed by atoms with Crippen LogP contribution in [0.15, 0.2) is 115 Å². The Bertz CT molecular complexity index is 2080. The van der Waals surface area contributed by atoms with Crippen LogP contribution in [0.3, 0.4) is 0 Å². The first kappa shape index (κ1) is 30.5. The Hall–Kier alpha value is -4.30. The zero-order valence-electron chi connectivity index (χ0n) is 30.1. The number of benzene rings is 5. The highest BCUT2D eigenvalue weighted by Gasteiger charge is 2.61. The molecule has 5 aliphatic carbocycles. The van der Waals surface area contributed by atoms with E-state index < -0.39 is 0 Å². The lowest BCUT2D eigenvalue weighted by Crippen LogP contribution is -2.57. The number of hydrogen-bond donors (Lipinski definition) is 0. The molecule has 4 saturated carbocycles. The number of nitrogens with zero attached hydrogens (tertiary/aromatic N) is 1. The molecule has 6 aliphatic rings. The maximum atomic E-state index is 6.98. The molecule has 4 bridgehead atoms.